The number of nitrogens with zero attached hydrogens (tertiary/aromatic N) is 2. The van der Waals surface area contributed by atoms with Crippen molar-refractivity contribution in [3.8, 4) is 67.5 Å². The Labute approximate surface area is 687 Å². The van der Waals surface area contributed by atoms with Gasteiger partial charge in [-0.1, -0.05) is 275 Å². The molecule has 0 aliphatic carbocycles. The third-order valence-corrected chi connectivity index (χ3v) is 24.3. The highest BCUT2D eigenvalue weighted by molar-refractivity contribution is 8.14. The predicted molar refractivity (Wildman–Crippen MR) is 481 cm³/mol. The maximum atomic E-state index is 11.3. The third kappa shape index (κ3) is 32.6. The van der Waals surface area contributed by atoms with Gasteiger partial charge in [-0.05, 0) is 171 Å². The van der Waals surface area contributed by atoms with Gasteiger partial charge in [0.1, 0.15) is 23.0 Å². The fourth-order valence-corrected chi connectivity index (χ4v) is 17.3. The quantitative estimate of drug-likeness (QED) is 0.0346. The van der Waals surface area contributed by atoms with Crippen LogP contribution in [0.1, 0.15) is 282 Å². The van der Waals surface area contributed by atoms with Crippen molar-refractivity contribution in [1.82, 2.24) is 19.9 Å². The standard InChI is InChI=1S/C96H126N4O8S4/c1-73(101)109-65-37-29-21-13-5-9-17-25-33-61-105-81-49-41-45-77(69-81)93-85-53-55-87(97-85)94(78-46-42-50-82(70-78)106-62-34-26-18-10-6-14-22-30-38-66-110-74(2)102)89-57-59-91(99-89)96(80-48-44-52-84(72-80)108-64-36-28-20-12-8-16-24-32-40-68-112-76(4)104)92-60-58-90(100-92)95(88-56-54-86(93)98-88)79-47-43-51-83(71-79)107-63-35-27-19-11-7-15-23-31-39-67-111-75(3)103/h41-60,69-72,97,100H,5-40,61-68H2,1-4H3. The molecular weight excluding hydrogens is 1470 g/mol. The first-order chi connectivity index (χ1) is 54.9. The molecule has 7 aromatic rings. The van der Waals surface area contributed by atoms with Gasteiger partial charge in [0, 0.05) is 95.0 Å². The molecule has 0 fully saturated rings. The Balaban J connectivity index is 1.03. The summed E-state index contributed by atoms with van der Waals surface area (Å²) < 4.78 is 26.5. The first-order valence-corrected chi connectivity index (χ1v) is 46.5. The molecule has 0 saturated carbocycles. The zero-order valence-corrected chi connectivity index (χ0v) is 71.0. The lowest BCUT2D eigenvalue weighted by molar-refractivity contribution is -0.109. The van der Waals surface area contributed by atoms with Crippen LogP contribution < -0.4 is 18.9 Å². The summed E-state index contributed by atoms with van der Waals surface area (Å²) in [4.78, 5) is 64.7. The summed E-state index contributed by atoms with van der Waals surface area (Å²) in [6.07, 6.45) is 50.9. The minimum absolute atomic E-state index is 0.214. The number of carbonyl (C=O) groups is 4. The molecule has 0 amide bonds. The number of nitrogens with one attached hydrogen (secondary N) is 2. The van der Waals surface area contributed by atoms with E-state index in [4.69, 9.17) is 28.9 Å². The molecule has 12 nitrogen and oxygen atoms in total. The molecule has 8 bridgehead atoms. The van der Waals surface area contributed by atoms with Crippen LogP contribution in [-0.4, -0.2) is 89.8 Å². The van der Waals surface area contributed by atoms with E-state index in [1.165, 1.54) is 201 Å². The lowest BCUT2D eigenvalue weighted by Crippen LogP contribution is -1.98. The summed E-state index contributed by atoms with van der Waals surface area (Å²) in [5, 5.41) is 0.858. The molecular formula is C96H126N4O8S4. The van der Waals surface area contributed by atoms with E-state index in [-0.39, 0.29) is 20.5 Å². The Morgan fingerprint density at radius 3 is 0.643 bits per heavy atom. The molecule has 0 atom stereocenters. The normalized spacial score (nSPS) is 11.8. The molecule has 5 heterocycles. The van der Waals surface area contributed by atoms with Crippen LogP contribution >= 0.6 is 47.0 Å². The molecule has 3 aromatic heterocycles. The zero-order valence-electron chi connectivity index (χ0n) is 67.8. The van der Waals surface area contributed by atoms with Gasteiger partial charge in [0.15, 0.2) is 20.5 Å². The summed E-state index contributed by atoms with van der Waals surface area (Å²) >= 11 is 5.78. The number of hydrogen-bond acceptors (Lipinski definition) is 14. The molecule has 4 aromatic carbocycles. The van der Waals surface area contributed by atoms with Gasteiger partial charge < -0.3 is 28.9 Å². The number of rotatable bonds is 56. The molecule has 602 valence electrons. The molecule has 2 aliphatic rings. The molecule has 2 aliphatic heterocycles. The van der Waals surface area contributed by atoms with Crippen molar-refractivity contribution in [3.05, 3.63) is 144 Å². The van der Waals surface area contributed by atoms with Crippen LogP contribution in [0.2, 0.25) is 0 Å². The number of unbranched alkanes of at least 4 members (excludes halogenated alkanes) is 32. The lowest BCUT2D eigenvalue weighted by atomic mass is 10.0. The van der Waals surface area contributed by atoms with Gasteiger partial charge in [-0.2, -0.15) is 0 Å². The van der Waals surface area contributed by atoms with Crippen molar-refractivity contribution >= 4 is 114 Å². The largest absolute Gasteiger partial charge is 0.494 e. The second-order valence-electron chi connectivity index (χ2n) is 30.1. The lowest BCUT2D eigenvalue weighted by Gasteiger charge is -2.11. The maximum absolute atomic E-state index is 11.3. The Hall–Kier alpha value is -7.24. The number of aromatic amines is 2. The van der Waals surface area contributed by atoms with E-state index >= 15 is 0 Å². The van der Waals surface area contributed by atoms with Crippen LogP contribution in [-0.2, 0) is 19.2 Å². The molecule has 0 spiro atoms. The molecule has 9 rings (SSSR count). The van der Waals surface area contributed by atoms with Gasteiger partial charge in [0.05, 0.1) is 49.2 Å². The molecule has 112 heavy (non-hydrogen) atoms. The van der Waals surface area contributed by atoms with Gasteiger partial charge >= 0.3 is 0 Å². The number of thioether (sulfide) groups is 4. The first kappa shape index (κ1) is 88.7. The van der Waals surface area contributed by atoms with Crippen molar-refractivity contribution < 1.29 is 38.1 Å². The van der Waals surface area contributed by atoms with E-state index < -0.39 is 0 Å². The van der Waals surface area contributed by atoms with E-state index in [2.05, 4.69) is 156 Å². The monoisotopic (exact) mass is 1590 g/mol. The molecule has 0 radical (unpaired) electrons. The summed E-state index contributed by atoms with van der Waals surface area (Å²) in [5.74, 6) is 7.02. The van der Waals surface area contributed by atoms with Crippen LogP contribution in [0.5, 0.6) is 23.0 Å². The first-order valence-electron chi connectivity index (χ1n) is 42.6. The number of hydrogen-bond donors (Lipinski definition) is 2. The van der Waals surface area contributed by atoms with Crippen LogP contribution in [0.15, 0.2) is 121 Å². The molecule has 0 saturated heterocycles. The van der Waals surface area contributed by atoms with E-state index in [0.717, 1.165) is 212 Å². The number of aromatic nitrogens is 4. The zero-order chi connectivity index (χ0) is 78.4. The van der Waals surface area contributed by atoms with Crippen LogP contribution in [0.3, 0.4) is 0 Å². The van der Waals surface area contributed by atoms with E-state index in [1.54, 1.807) is 27.7 Å². The van der Waals surface area contributed by atoms with E-state index in [0.29, 0.717) is 26.4 Å². The molecule has 0 unspecified atom stereocenters. The fraction of sp³-hybridized carbons (Fsp3) is 0.500. The molecule has 2 N–H and O–H groups in total. The van der Waals surface area contributed by atoms with E-state index in [1.807, 2.05) is 0 Å². The maximum Gasteiger partial charge on any atom is 0.185 e. The smallest absolute Gasteiger partial charge is 0.185 e. The molecule has 16 heteroatoms. The number of benzene rings is 4. The van der Waals surface area contributed by atoms with Crippen molar-refractivity contribution in [3.63, 3.8) is 0 Å². The third-order valence-electron chi connectivity index (χ3n) is 20.7. The highest BCUT2D eigenvalue weighted by Crippen LogP contribution is 2.41. The predicted octanol–water partition coefficient (Wildman–Crippen LogP) is 28.0. The average Bonchev–Trinajstić information content (AvgIpc) is 1.61. The van der Waals surface area contributed by atoms with Gasteiger partial charge in [-0.15, -0.1) is 0 Å². The second-order valence-corrected chi connectivity index (χ2v) is 35.2. The minimum atomic E-state index is 0.214. The van der Waals surface area contributed by atoms with Crippen molar-refractivity contribution in [1.29, 1.82) is 0 Å². The number of carbonyl (C=O) groups excluding carboxylic acids is 4. The Bertz CT molecular complexity index is 3730. The van der Waals surface area contributed by atoms with Gasteiger partial charge in [-0.3, -0.25) is 19.2 Å². The van der Waals surface area contributed by atoms with E-state index in [9.17, 15) is 19.2 Å². The highest BCUT2D eigenvalue weighted by Gasteiger charge is 2.21. The Morgan fingerprint density at radius 2 is 0.446 bits per heavy atom. The Kier molecular flexibility index (Phi) is 41.4. The highest BCUT2D eigenvalue weighted by atomic mass is 32.2. The van der Waals surface area contributed by atoms with Gasteiger partial charge in [0.25, 0.3) is 0 Å². The van der Waals surface area contributed by atoms with Crippen LogP contribution in [0.25, 0.3) is 90.9 Å². The van der Waals surface area contributed by atoms with Crippen molar-refractivity contribution in [2.75, 3.05) is 49.4 Å². The van der Waals surface area contributed by atoms with Crippen molar-refractivity contribution in [2.24, 2.45) is 0 Å². The summed E-state index contributed by atoms with van der Waals surface area (Å²) in [7, 11) is 0. The number of ether oxygens (including phenoxy) is 4. The minimum Gasteiger partial charge on any atom is -0.494 e. The van der Waals surface area contributed by atoms with Crippen LogP contribution in [0, 0.1) is 0 Å². The average molecular weight is 1590 g/mol. The number of fused-ring (bicyclic) bond motifs is 8. The fourth-order valence-electron chi connectivity index (χ4n) is 14.8. The summed E-state index contributed by atoms with van der Waals surface area (Å²) in [5.41, 5.74) is 14.6. The van der Waals surface area contributed by atoms with Gasteiger partial charge in [-0.25, -0.2) is 9.97 Å². The van der Waals surface area contributed by atoms with Gasteiger partial charge in [0.2, 0.25) is 0 Å². The number of H-pyrrole nitrogens is 2. The topological polar surface area (TPSA) is 163 Å². The SMILES string of the molecule is CC(=O)SCCCCCCCCCCCOc1cccc(-c2c3nc(c(-c4cccc(OCCCCCCCCCCCSC(C)=O)c4)c4ccc([nH]4)c(-c4cccc(OCCCCCCCCCCCSC(C)=O)c4)c4nc(c(-c5cccc(OCCCCCCCCCCCSC(C)=O)c5)c5ccc2[nH]5)C=C4)C=C3)c1. The Morgan fingerprint density at radius 1 is 0.259 bits per heavy atom. The second kappa shape index (κ2) is 52.3. The van der Waals surface area contributed by atoms with Crippen molar-refractivity contribution in [2.45, 2.75) is 259 Å². The van der Waals surface area contributed by atoms with Crippen LogP contribution in [0.4, 0.5) is 0 Å². The summed E-state index contributed by atoms with van der Waals surface area (Å²) in [6.45, 7) is 9.16. The summed E-state index contributed by atoms with van der Waals surface area (Å²) in [6, 6.07) is 42.8.